The summed E-state index contributed by atoms with van der Waals surface area (Å²) in [6.45, 7) is 5.55. The van der Waals surface area contributed by atoms with Crippen LogP contribution >= 0.6 is 22.7 Å². The Balaban J connectivity index is 1.69. The van der Waals surface area contributed by atoms with E-state index in [0.29, 0.717) is 18.4 Å². The Morgan fingerprint density at radius 2 is 2.21 bits per heavy atom. The first-order valence-corrected chi connectivity index (χ1v) is 8.43. The molecular weight excluding hydrogens is 274 g/mol. The van der Waals surface area contributed by atoms with Crippen molar-refractivity contribution in [3.05, 3.63) is 44.3 Å². The summed E-state index contributed by atoms with van der Waals surface area (Å²) in [5.74, 6) is 0.882. The van der Waals surface area contributed by atoms with Gasteiger partial charge in [0.15, 0.2) is 0 Å². The number of aryl methyl sites for hydroxylation is 1. The van der Waals surface area contributed by atoms with Crippen molar-refractivity contribution in [3.8, 4) is 0 Å². The summed E-state index contributed by atoms with van der Waals surface area (Å²) in [6, 6.07) is 6.62. The van der Waals surface area contributed by atoms with Crippen LogP contribution in [-0.2, 0) is 6.54 Å². The summed E-state index contributed by atoms with van der Waals surface area (Å²) in [7, 11) is 0. The van der Waals surface area contributed by atoms with Gasteiger partial charge < -0.3 is 5.11 Å². The molecule has 2 aromatic rings. The predicted molar refractivity (Wildman–Crippen MR) is 82.0 cm³/mol. The molecule has 0 aromatic carbocycles. The second-order valence-electron chi connectivity index (χ2n) is 5.31. The Kier molecular flexibility index (Phi) is 4.03. The van der Waals surface area contributed by atoms with Gasteiger partial charge in [0, 0.05) is 47.8 Å². The molecule has 2 aromatic heterocycles. The molecule has 3 heterocycles. The van der Waals surface area contributed by atoms with Crippen LogP contribution in [0.3, 0.4) is 0 Å². The first-order valence-electron chi connectivity index (χ1n) is 6.67. The number of aliphatic hydroxyl groups excluding tert-OH is 1. The Morgan fingerprint density at radius 3 is 2.84 bits per heavy atom. The van der Waals surface area contributed by atoms with Gasteiger partial charge in [-0.3, -0.25) is 4.90 Å². The molecule has 102 valence electrons. The smallest absolute Gasteiger partial charge is 0.0477 e. The Labute approximate surface area is 122 Å². The Hall–Kier alpha value is -0.680. The fourth-order valence-corrected chi connectivity index (χ4v) is 4.59. The number of rotatable bonds is 4. The zero-order chi connectivity index (χ0) is 13.2. The highest BCUT2D eigenvalue weighted by molar-refractivity contribution is 7.11. The van der Waals surface area contributed by atoms with Crippen molar-refractivity contribution in [3.63, 3.8) is 0 Å². The quantitative estimate of drug-likeness (QED) is 0.934. The van der Waals surface area contributed by atoms with E-state index in [0.717, 1.165) is 19.6 Å². The summed E-state index contributed by atoms with van der Waals surface area (Å²) >= 11 is 3.63. The highest BCUT2D eigenvalue weighted by atomic mass is 32.1. The average molecular weight is 293 g/mol. The maximum Gasteiger partial charge on any atom is 0.0477 e. The highest BCUT2D eigenvalue weighted by Gasteiger charge is 2.33. The van der Waals surface area contributed by atoms with Crippen LogP contribution in [0.25, 0.3) is 0 Å². The number of hydrogen-bond acceptors (Lipinski definition) is 4. The van der Waals surface area contributed by atoms with Crippen LogP contribution in [-0.4, -0.2) is 29.7 Å². The fraction of sp³-hybridized carbons (Fsp3) is 0.467. The Bertz CT molecular complexity index is 520. The molecule has 0 unspecified atom stereocenters. The molecule has 1 N–H and O–H groups in total. The minimum absolute atomic E-state index is 0.292. The molecule has 0 radical (unpaired) electrons. The van der Waals surface area contributed by atoms with Crippen LogP contribution in [0.1, 0.15) is 21.2 Å². The van der Waals surface area contributed by atoms with Gasteiger partial charge in [-0.05, 0) is 41.4 Å². The van der Waals surface area contributed by atoms with E-state index in [1.54, 1.807) is 11.3 Å². The second-order valence-corrected chi connectivity index (χ2v) is 7.46. The molecular formula is C15H19NOS2. The van der Waals surface area contributed by atoms with E-state index < -0.39 is 0 Å². The van der Waals surface area contributed by atoms with Crippen molar-refractivity contribution < 1.29 is 5.11 Å². The molecule has 19 heavy (non-hydrogen) atoms. The molecule has 4 heteroatoms. The van der Waals surface area contributed by atoms with Crippen LogP contribution in [0.2, 0.25) is 0 Å². The molecule has 0 aliphatic carbocycles. The zero-order valence-corrected chi connectivity index (χ0v) is 12.7. The second kappa shape index (κ2) is 5.75. The molecule has 2 atom stereocenters. The molecule has 0 spiro atoms. The number of aliphatic hydroxyl groups is 1. The zero-order valence-electron chi connectivity index (χ0n) is 11.1. The average Bonchev–Trinajstić information content (AvgIpc) is 3.10. The molecule has 1 aliphatic heterocycles. The minimum atomic E-state index is 0.292. The molecule has 1 fully saturated rings. The van der Waals surface area contributed by atoms with Crippen molar-refractivity contribution in [2.24, 2.45) is 5.92 Å². The summed E-state index contributed by atoms with van der Waals surface area (Å²) in [5.41, 5.74) is 1.40. The molecule has 2 nitrogen and oxygen atoms in total. The third kappa shape index (κ3) is 2.92. The topological polar surface area (TPSA) is 23.5 Å². The molecule has 0 saturated carbocycles. The molecule has 0 amide bonds. The normalized spacial score (nSPS) is 24.1. The first kappa shape index (κ1) is 13.3. The maximum absolute atomic E-state index is 9.60. The van der Waals surface area contributed by atoms with Gasteiger partial charge in [0.2, 0.25) is 0 Å². The maximum atomic E-state index is 9.60. The van der Waals surface area contributed by atoms with Crippen LogP contribution in [0.15, 0.2) is 29.0 Å². The largest absolute Gasteiger partial charge is 0.396 e. The van der Waals surface area contributed by atoms with Crippen LogP contribution < -0.4 is 0 Å². The Morgan fingerprint density at radius 1 is 1.32 bits per heavy atom. The van der Waals surface area contributed by atoms with Gasteiger partial charge in [-0.25, -0.2) is 0 Å². The van der Waals surface area contributed by atoms with E-state index in [2.05, 4.69) is 40.8 Å². The molecule has 1 saturated heterocycles. The summed E-state index contributed by atoms with van der Waals surface area (Å²) < 4.78 is 0. The third-order valence-corrected chi connectivity index (χ3v) is 5.58. The van der Waals surface area contributed by atoms with Gasteiger partial charge in [-0.1, -0.05) is 0 Å². The van der Waals surface area contributed by atoms with Crippen molar-refractivity contribution in [2.75, 3.05) is 19.7 Å². The van der Waals surface area contributed by atoms with Gasteiger partial charge >= 0.3 is 0 Å². The lowest BCUT2D eigenvalue weighted by Gasteiger charge is -2.14. The lowest BCUT2D eigenvalue weighted by atomic mass is 9.92. The van der Waals surface area contributed by atoms with Crippen LogP contribution in [0, 0.1) is 12.8 Å². The van der Waals surface area contributed by atoms with Gasteiger partial charge in [-0.2, -0.15) is 11.3 Å². The van der Waals surface area contributed by atoms with E-state index in [-0.39, 0.29) is 0 Å². The van der Waals surface area contributed by atoms with Crippen molar-refractivity contribution >= 4 is 22.7 Å². The van der Waals surface area contributed by atoms with E-state index in [4.69, 9.17) is 0 Å². The molecule has 3 rings (SSSR count). The van der Waals surface area contributed by atoms with Crippen LogP contribution in [0.5, 0.6) is 0 Å². The number of thiophene rings is 2. The van der Waals surface area contributed by atoms with Crippen molar-refractivity contribution in [1.82, 2.24) is 4.90 Å². The summed E-state index contributed by atoms with van der Waals surface area (Å²) in [5, 5.41) is 14.0. The van der Waals surface area contributed by atoms with Crippen LogP contribution in [0.4, 0.5) is 0 Å². The van der Waals surface area contributed by atoms with Gasteiger partial charge in [0.05, 0.1) is 0 Å². The molecule has 0 bridgehead atoms. The van der Waals surface area contributed by atoms with E-state index in [1.807, 2.05) is 11.3 Å². The van der Waals surface area contributed by atoms with Gasteiger partial charge in [-0.15, -0.1) is 11.3 Å². The summed E-state index contributed by atoms with van der Waals surface area (Å²) in [4.78, 5) is 5.29. The van der Waals surface area contributed by atoms with Gasteiger partial charge in [0.25, 0.3) is 0 Å². The number of likely N-dealkylation sites (tertiary alicyclic amines) is 1. The third-order valence-electron chi connectivity index (χ3n) is 3.90. The van der Waals surface area contributed by atoms with Crippen molar-refractivity contribution in [1.29, 1.82) is 0 Å². The van der Waals surface area contributed by atoms with E-state index in [1.165, 1.54) is 15.3 Å². The summed E-state index contributed by atoms with van der Waals surface area (Å²) in [6.07, 6.45) is 0. The SMILES string of the molecule is Cc1ccc(CN2C[C@@H](CO)[C@H](c3ccsc3)C2)s1. The lowest BCUT2D eigenvalue weighted by molar-refractivity contribution is 0.214. The van der Waals surface area contributed by atoms with Crippen molar-refractivity contribution in [2.45, 2.75) is 19.4 Å². The first-order chi connectivity index (χ1) is 9.26. The predicted octanol–water partition coefficient (Wildman–Crippen LogP) is 3.33. The van der Waals surface area contributed by atoms with E-state index >= 15 is 0 Å². The van der Waals surface area contributed by atoms with E-state index in [9.17, 15) is 5.11 Å². The molecule has 1 aliphatic rings. The monoisotopic (exact) mass is 293 g/mol. The minimum Gasteiger partial charge on any atom is -0.396 e. The number of nitrogens with zero attached hydrogens (tertiary/aromatic N) is 1. The number of hydrogen-bond donors (Lipinski definition) is 1. The standard InChI is InChI=1S/C15H19NOS2/c1-11-2-3-14(19-11)7-16-6-13(9-17)15(8-16)12-4-5-18-10-12/h2-5,10,13,15,17H,6-9H2,1H3/t13-,15-/m0/s1. The fourth-order valence-electron chi connectivity index (χ4n) is 2.93. The van der Waals surface area contributed by atoms with Gasteiger partial charge in [0.1, 0.15) is 0 Å². The lowest BCUT2D eigenvalue weighted by Crippen LogP contribution is -2.20. The highest BCUT2D eigenvalue weighted by Crippen LogP contribution is 2.34.